The lowest BCUT2D eigenvalue weighted by atomic mass is 9.97. The Morgan fingerprint density at radius 3 is 2.44 bits per heavy atom. The van der Waals surface area contributed by atoms with Gasteiger partial charge >= 0.3 is 0 Å². The van der Waals surface area contributed by atoms with Gasteiger partial charge in [-0.2, -0.15) is 0 Å². The first-order valence-electron chi connectivity index (χ1n) is 8.20. The SMILES string of the molecule is CN(C)CCc1c(N)c(-c2ccccc2)nc2c(C(N)=O)cccc12. The second-order valence-electron chi connectivity index (χ2n) is 6.34. The number of amides is 1. The van der Waals surface area contributed by atoms with Crippen LogP contribution in [0.3, 0.4) is 0 Å². The van der Waals surface area contributed by atoms with Crippen LogP contribution >= 0.6 is 0 Å². The predicted octanol–water partition coefficient (Wildman–Crippen LogP) is 2.69. The fourth-order valence-corrected chi connectivity index (χ4v) is 2.99. The number of nitrogens with two attached hydrogens (primary N) is 2. The number of hydrogen-bond acceptors (Lipinski definition) is 4. The molecular formula is C20H22N4O. The number of carbonyl (C=O) groups is 1. The van der Waals surface area contributed by atoms with Crippen LogP contribution in [0.4, 0.5) is 5.69 Å². The van der Waals surface area contributed by atoms with Crippen molar-refractivity contribution in [1.29, 1.82) is 0 Å². The number of para-hydroxylation sites is 1. The second-order valence-corrected chi connectivity index (χ2v) is 6.34. The molecule has 0 atom stereocenters. The molecule has 0 bridgehead atoms. The van der Waals surface area contributed by atoms with Crippen molar-refractivity contribution in [3.63, 3.8) is 0 Å². The zero-order valence-corrected chi connectivity index (χ0v) is 14.5. The third kappa shape index (κ3) is 3.32. The van der Waals surface area contributed by atoms with Crippen LogP contribution in [-0.4, -0.2) is 36.4 Å². The van der Waals surface area contributed by atoms with Gasteiger partial charge in [-0.1, -0.05) is 42.5 Å². The van der Waals surface area contributed by atoms with Gasteiger partial charge in [-0.25, -0.2) is 4.98 Å². The zero-order valence-electron chi connectivity index (χ0n) is 14.5. The molecule has 3 rings (SSSR count). The Hall–Kier alpha value is -2.92. The van der Waals surface area contributed by atoms with E-state index in [-0.39, 0.29) is 0 Å². The summed E-state index contributed by atoms with van der Waals surface area (Å²) in [6.45, 7) is 0.846. The number of pyridine rings is 1. The first-order chi connectivity index (χ1) is 12.0. The van der Waals surface area contributed by atoms with Gasteiger partial charge in [-0.15, -0.1) is 0 Å². The van der Waals surface area contributed by atoms with E-state index >= 15 is 0 Å². The predicted molar refractivity (Wildman–Crippen MR) is 102 cm³/mol. The zero-order chi connectivity index (χ0) is 18.0. The van der Waals surface area contributed by atoms with Crippen molar-refractivity contribution >= 4 is 22.5 Å². The largest absolute Gasteiger partial charge is 0.397 e. The van der Waals surface area contributed by atoms with Crippen LogP contribution in [0.25, 0.3) is 22.2 Å². The van der Waals surface area contributed by atoms with Crippen LogP contribution in [-0.2, 0) is 6.42 Å². The van der Waals surface area contributed by atoms with Crippen LogP contribution in [0.2, 0.25) is 0 Å². The molecule has 0 saturated carbocycles. The molecule has 0 unspecified atom stereocenters. The Balaban J connectivity index is 2.31. The maximum Gasteiger partial charge on any atom is 0.250 e. The average molecular weight is 334 g/mol. The molecule has 3 aromatic rings. The van der Waals surface area contributed by atoms with Crippen LogP contribution < -0.4 is 11.5 Å². The van der Waals surface area contributed by atoms with E-state index in [2.05, 4.69) is 4.90 Å². The van der Waals surface area contributed by atoms with Gasteiger partial charge in [0, 0.05) is 17.5 Å². The molecule has 0 spiro atoms. The standard InChI is InChI=1S/C20H22N4O/c1-24(2)12-11-14-15-9-6-10-16(20(22)25)19(15)23-18(17(14)21)13-7-4-3-5-8-13/h3-10H,11-12,21H2,1-2H3,(H2,22,25). The van der Waals surface area contributed by atoms with Gasteiger partial charge in [0.15, 0.2) is 0 Å². The third-order valence-electron chi connectivity index (χ3n) is 4.29. The normalized spacial score (nSPS) is 11.2. The number of nitrogens with zero attached hydrogens (tertiary/aromatic N) is 2. The van der Waals surface area contributed by atoms with Crippen molar-refractivity contribution < 1.29 is 4.79 Å². The number of anilines is 1. The Morgan fingerprint density at radius 2 is 1.80 bits per heavy atom. The summed E-state index contributed by atoms with van der Waals surface area (Å²) in [5.41, 5.74) is 16.4. The van der Waals surface area contributed by atoms with E-state index in [4.69, 9.17) is 16.5 Å². The highest BCUT2D eigenvalue weighted by molar-refractivity contribution is 6.07. The molecule has 5 heteroatoms. The third-order valence-corrected chi connectivity index (χ3v) is 4.29. The van der Waals surface area contributed by atoms with Gasteiger partial charge in [0.2, 0.25) is 0 Å². The molecular weight excluding hydrogens is 312 g/mol. The number of benzene rings is 2. The molecule has 5 nitrogen and oxygen atoms in total. The molecule has 0 aliphatic rings. The second kappa shape index (κ2) is 6.91. The molecule has 4 N–H and O–H groups in total. The van der Waals surface area contributed by atoms with Gasteiger partial charge in [0.05, 0.1) is 22.5 Å². The monoisotopic (exact) mass is 334 g/mol. The minimum Gasteiger partial charge on any atom is -0.397 e. The number of likely N-dealkylation sites (N-methyl/N-ethyl adjacent to an activating group) is 1. The molecule has 0 aliphatic heterocycles. The summed E-state index contributed by atoms with van der Waals surface area (Å²) in [5, 5.41) is 0.885. The van der Waals surface area contributed by atoms with E-state index in [1.807, 2.05) is 56.6 Å². The lowest BCUT2D eigenvalue weighted by Crippen LogP contribution is -2.17. The maximum absolute atomic E-state index is 11.9. The first-order valence-corrected chi connectivity index (χ1v) is 8.20. The van der Waals surface area contributed by atoms with E-state index in [1.54, 1.807) is 6.07 Å². The van der Waals surface area contributed by atoms with Crippen molar-refractivity contribution in [3.05, 3.63) is 59.7 Å². The summed E-state index contributed by atoms with van der Waals surface area (Å²) in [4.78, 5) is 18.7. The number of hydrogen-bond donors (Lipinski definition) is 2. The minimum absolute atomic E-state index is 0.417. The number of primary amides is 1. The smallest absolute Gasteiger partial charge is 0.250 e. The molecule has 1 aromatic heterocycles. The topological polar surface area (TPSA) is 85.2 Å². The first kappa shape index (κ1) is 16.9. The maximum atomic E-state index is 11.9. The van der Waals surface area contributed by atoms with Crippen LogP contribution in [0.1, 0.15) is 15.9 Å². The number of fused-ring (bicyclic) bond motifs is 1. The van der Waals surface area contributed by atoms with E-state index < -0.39 is 5.91 Å². The molecule has 2 aromatic carbocycles. The lowest BCUT2D eigenvalue weighted by Gasteiger charge is -2.17. The highest BCUT2D eigenvalue weighted by Crippen LogP contribution is 2.33. The van der Waals surface area contributed by atoms with Gasteiger partial charge in [0.1, 0.15) is 0 Å². The molecule has 25 heavy (non-hydrogen) atoms. The van der Waals surface area contributed by atoms with Crippen molar-refractivity contribution in [2.45, 2.75) is 6.42 Å². The molecule has 128 valence electrons. The Labute approximate surface area is 147 Å². The molecule has 0 saturated heterocycles. The Morgan fingerprint density at radius 1 is 1.08 bits per heavy atom. The molecule has 0 aliphatic carbocycles. The summed E-state index contributed by atoms with van der Waals surface area (Å²) in [7, 11) is 4.04. The van der Waals surface area contributed by atoms with Crippen LogP contribution in [0.5, 0.6) is 0 Å². The van der Waals surface area contributed by atoms with E-state index in [0.717, 1.165) is 29.5 Å². The minimum atomic E-state index is -0.486. The average Bonchev–Trinajstić information content (AvgIpc) is 2.60. The summed E-state index contributed by atoms with van der Waals surface area (Å²) >= 11 is 0. The van der Waals surface area contributed by atoms with Gasteiger partial charge in [0.25, 0.3) is 5.91 Å². The molecule has 0 fully saturated rings. The van der Waals surface area contributed by atoms with E-state index in [1.165, 1.54) is 0 Å². The van der Waals surface area contributed by atoms with Crippen molar-refractivity contribution in [2.75, 3.05) is 26.4 Å². The number of carbonyl (C=O) groups excluding carboxylic acids is 1. The van der Waals surface area contributed by atoms with Gasteiger partial charge in [-0.05, 0) is 32.1 Å². The summed E-state index contributed by atoms with van der Waals surface area (Å²) in [5.74, 6) is -0.486. The summed E-state index contributed by atoms with van der Waals surface area (Å²) in [6.07, 6.45) is 0.764. The fourth-order valence-electron chi connectivity index (χ4n) is 2.99. The Bertz CT molecular complexity index is 920. The van der Waals surface area contributed by atoms with Crippen molar-refractivity contribution in [1.82, 2.24) is 9.88 Å². The molecule has 1 amide bonds. The number of rotatable bonds is 5. The van der Waals surface area contributed by atoms with Crippen molar-refractivity contribution in [2.24, 2.45) is 5.73 Å². The van der Waals surface area contributed by atoms with E-state index in [9.17, 15) is 4.79 Å². The molecule has 1 heterocycles. The highest BCUT2D eigenvalue weighted by Gasteiger charge is 2.17. The summed E-state index contributed by atoms with van der Waals surface area (Å²) in [6, 6.07) is 15.2. The van der Waals surface area contributed by atoms with E-state index in [0.29, 0.717) is 22.5 Å². The van der Waals surface area contributed by atoms with Crippen LogP contribution in [0.15, 0.2) is 48.5 Å². The number of aromatic nitrogens is 1. The van der Waals surface area contributed by atoms with Crippen molar-refractivity contribution in [3.8, 4) is 11.3 Å². The Kier molecular flexibility index (Phi) is 4.67. The molecule has 0 radical (unpaired) electrons. The van der Waals surface area contributed by atoms with Gasteiger partial charge in [-0.3, -0.25) is 4.79 Å². The number of nitrogen functional groups attached to an aromatic ring is 1. The quantitative estimate of drug-likeness (QED) is 0.751. The summed E-state index contributed by atoms with van der Waals surface area (Å²) < 4.78 is 0. The fraction of sp³-hybridized carbons (Fsp3) is 0.200. The van der Waals surface area contributed by atoms with Gasteiger partial charge < -0.3 is 16.4 Å². The highest BCUT2D eigenvalue weighted by atomic mass is 16.1. The lowest BCUT2D eigenvalue weighted by molar-refractivity contribution is 0.100. The van der Waals surface area contributed by atoms with Crippen LogP contribution in [0, 0.1) is 0 Å².